The Kier molecular flexibility index (Phi) is 6.59. The molecule has 290 valence electrons. The molecule has 0 radical (unpaired) electrons. The molecule has 1 unspecified atom stereocenters. The summed E-state index contributed by atoms with van der Waals surface area (Å²) < 4.78 is 6.59. The first-order valence-corrected chi connectivity index (χ1v) is 21.8. The first-order chi connectivity index (χ1) is 30.5. The summed E-state index contributed by atoms with van der Waals surface area (Å²) in [6.07, 6.45) is 0. The van der Waals surface area contributed by atoms with Gasteiger partial charge < -0.3 is 9.32 Å². The lowest BCUT2D eigenvalue weighted by molar-refractivity contribution is 0.661. The zero-order chi connectivity index (χ0) is 40.9. The van der Waals surface area contributed by atoms with Crippen LogP contribution in [0.2, 0.25) is 0 Å². The Labute approximate surface area is 359 Å². The summed E-state index contributed by atoms with van der Waals surface area (Å²) in [5.74, 6) is 0. The van der Waals surface area contributed by atoms with E-state index in [0.717, 1.165) is 33.3 Å². The van der Waals surface area contributed by atoms with E-state index in [2.05, 4.69) is 219 Å². The lowest BCUT2D eigenvalue weighted by Gasteiger charge is -2.33. The van der Waals surface area contributed by atoms with Crippen molar-refractivity contribution in [2.24, 2.45) is 0 Å². The van der Waals surface area contributed by atoms with Gasteiger partial charge in [-0.2, -0.15) is 0 Å². The Morgan fingerprint density at radius 1 is 0.387 bits per heavy atom. The molecule has 10 aromatic carbocycles. The Balaban J connectivity index is 1.10. The number of anilines is 3. The van der Waals surface area contributed by atoms with Gasteiger partial charge >= 0.3 is 0 Å². The van der Waals surface area contributed by atoms with Gasteiger partial charge in [0.2, 0.25) is 0 Å². The maximum absolute atomic E-state index is 6.59. The molecule has 2 nitrogen and oxygen atoms in total. The molecule has 62 heavy (non-hydrogen) atoms. The highest BCUT2D eigenvalue weighted by atomic mass is 16.3. The number of furan rings is 1. The number of hydrogen-bond donors (Lipinski definition) is 0. The molecule has 1 atom stereocenters. The van der Waals surface area contributed by atoms with E-state index in [-0.39, 0.29) is 5.41 Å². The first-order valence-electron chi connectivity index (χ1n) is 21.8. The number of hydrogen-bond acceptors (Lipinski definition) is 2. The van der Waals surface area contributed by atoms with E-state index in [1.807, 2.05) is 0 Å². The summed E-state index contributed by atoms with van der Waals surface area (Å²) in [4.78, 5) is 2.53. The molecule has 0 amide bonds. The summed E-state index contributed by atoms with van der Waals surface area (Å²) in [6.45, 7) is 4.78. The number of rotatable bonds is 3. The van der Waals surface area contributed by atoms with Gasteiger partial charge in [-0.3, -0.25) is 0 Å². The van der Waals surface area contributed by atoms with E-state index in [0.29, 0.717) is 0 Å². The summed E-state index contributed by atoms with van der Waals surface area (Å²) in [7, 11) is 0. The predicted octanol–water partition coefficient (Wildman–Crippen LogP) is 16.0. The van der Waals surface area contributed by atoms with Crippen molar-refractivity contribution in [3.05, 3.63) is 234 Å². The molecule has 0 fully saturated rings. The fourth-order valence-electron chi connectivity index (χ4n) is 12.1. The fraction of sp³-hybridized carbons (Fsp3) is 0.0667. The number of benzene rings is 10. The zero-order valence-corrected chi connectivity index (χ0v) is 34.4. The average molecular weight is 790 g/mol. The molecule has 14 rings (SSSR count). The van der Waals surface area contributed by atoms with Gasteiger partial charge in [0, 0.05) is 16.5 Å². The van der Waals surface area contributed by atoms with Crippen molar-refractivity contribution >= 4 is 60.5 Å². The topological polar surface area (TPSA) is 16.4 Å². The highest BCUT2D eigenvalue weighted by molar-refractivity contribution is 6.14. The van der Waals surface area contributed by atoms with E-state index in [9.17, 15) is 0 Å². The van der Waals surface area contributed by atoms with Crippen LogP contribution in [0.25, 0.3) is 76.9 Å². The summed E-state index contributed by atoms with van der Waals surface area (Å²) in [5, 5.41) is 7.30. The molecule has 3 aliphatic carbocycles. The van der Waals surface area contributed by atoms with Crippen molar-refractivity contribution in [1.82, 2.24) is 0 Å². The molecule has 2 heteroatoms. The molecule has 0 saturated heterocycles. The third kappa shape index (κ3) is 4.19. The van der Waals surface area contributed by atoms with Crippen molar-refractivity contribution in [3.8, 4) is 33.4 Å². The van der Waals surface area contributed by atoms with Gasteiger partial charge in [0.15, 0.2) is 0 Å². The van der Waals surface area contributed by atoms with Crippen LogP contribution in [0.4, 0.5) is 17.1 Å². The second-order valence-electron chi connectivity index (χ2n) is 17.9. The van der Waals surface area contributed by atoms with Gasteiger partial charge in [0.25, 0.3) is 0 Å². The van der Waals surface area contributed by atoms with Crippen LogP contribution >= 0.6 is 0 Å². The van der Waals surface area contributed by atoms with Crippen molar-refractivity contribution < 1.29 is 4.42 Å². The Morgan fingerprint density at radius 2 is 1.00 bits per heavy atom. The highest BCUT2D eigenvalue weighted by Crippen LogP contribution is 2.65. The van der Waals surface area contributed by atoms with Gasteiger partial charge in [0.1, 0.15) is 11.2 Å². The van der Waals surface area contributed by atoms with Gasteiger partial charge in [-0.05, 0) is 137 Å². The smallest absolute Gasteiger partial charge is 0.137 e. The van der Waals surface area contributed by atoms with Crippen molar-refractivity contribution in [2.75, 3.05) is 4.90 Å². The standard InChI is InChI=1S/C60H39NO/c1-59(2)47-23-10-7-19-41(47)42-22-13-26-53(58(42)59)61(52-25-14-28-55-57(52)44-21-9-12-27-54(44)62-55)39-30-32-49-46(35-39)45-33-37-16-3-4-17-38(37)34-51(45)60(49)48-24-11-8-20-43(48)56-40-18-6-5-15-36(40)29-31-50(56)60/h3-35H,1-2H3. The molecule has 3 aliphatic rings. The Hall–Kier alpha value is -7.68. The van der Waals surface area contributed by atoms with Crippen molar-refractivity contribution in [1.29, 1.82) is 0 Å². The summed E-state index contributed by atoms with van der Waals surface area (Å²) in [5.41, 5.74) is 20.3. The zero-order valence-electron chi connectivity index (χ0n) is 34.4. The SMILES string of the molecule is CC1(C)c2ccccc2-c2cccc(N(c3ccc4c(c3)-c3cc5ccccc5cc3C43c4ccccc4-c4c3ccc3ccccc43)c3cccc4oc5ccccc5c34)c21. The van der Waals surface area contributed by atoms with Crippen molar-refractivity contribution in [3.63, 3.8) is 0 Å². The number of nitrogens with zero attached hydrogens (tertiary/aromatic N) is 1. The maximum atomic E-state index is 6.59. The largest absolute Gasteiger partial charge is 0.456 e. The van der Waals surface area contributed by atoms with E-state index in [1.54, 1.807) is 0 Å². The van der Waals surface area contributed by atoms with Crippen LogP contribution in [0, 0.1) is 0 Å². The molecule has 1 heterocycles. The summed E-state index contributed by atoms with van der Waals surface area (Å²) >= 11 is 0. The van der Waals surface area contributed by atoms with Crippen LogP contribution in [-0.2, 0) is 10.8 Å². The quantitative estimate of drug-likeness (QED) is 0.177. The van der Waals surface area contributed by atoms with E-state index >= 15 is 0 Å². The second kappa shape index (κ2) is 12.0. The van der Waals surface area contributed by atoms with Gasteiger partial charge in [0.05, 0.1) is 22.2 Å². The Morgan fingerprint density at radius 3 is 1.87 bits per heavy atom. The van der Waals surface area contributed by atoms with E-state index in [4.69, 9.17) is 4.42 Å². The molecular weight excluding hydrogens is 751 g/mol. The second-order valence-corrected chi connectivity index (χ2v) is 17.9. The van der Waals surface area contributed by atoms with Crippen LogP contribution in [0.5, 0.6) is 0 Å². The minimum atomic E-state index is -0.494. The Bertz CT molecular complexity index is 3750. The molecule has 1 aromatic heterocycles. The van der Waals surface area contributed by atoms with Crippen molar-refractivity contribution in [2.45, 2.75) is 24.7 Å². The average Bonchev–Trinajstić information content (AvgIpc) is 4.01. The van der Waals surface area contributed by atoms with Crippen LogP contribution < -0.4 is 4.90 Å². The third-order valence-corrected chi connectivity index (χ3v) is 14.6. The third-order valence-electron chi connectivity index (χ3n) is 14.6. The monoisotopic (exact) mass is 789 g/mol. The van der Waals surface area contributed by atoms with E-state index in [1.165, 1.54) is 94.0 Å². The van der Waals surface area contributed by atoms with Gasteiger partial charge in [-0.25, -0.2) is 0 Å². The maximum Gasteiger partial charge on any atom is 0.137 e. The highest BCUT2D eigenvalue weighted by Gasteiger charge is 2.52. The molecule has 0 N–H and O–H groups in total. The minimum absolute atomic E-state index is 0.237. The van der Waals surface area contributed by atoms with Crippen LogP contribution in [0.15, 0.2) is 205 Å². The van der Waals surface area contributed by atoms with E-state index < -0.39 is 5.41 Å². The van der Waals surface area contributed by atoms with Gasteiger partial charge in [-0.15, -0.1) is 0 Å². The lowest BCUT2D eigenvalue weighted by Crippen LogP contribution is -2.26. The van der Waals surface area contributed by atoms with Crippen LogP contribution in [0.1, 0.15) is 47.2 Å². The van der Waals surface area contributed by atoms with Crippen LogP contribution in [0.3, 0.4) is 0 Å². The molecule has 0 aliphatic heterocycles. The molecular formula is C60H39NO. The minimum Gasteiger partial charge on any atom is -0.456 e. The van der Waals surface area contributed by atoms with Gasteiger partial charge in [-0.1, -0.05) is 166 Å². The lowest BCUT2D eigenvalue weighted by atomic mass is 9.70. The molecule has 1 spiro atoms. The first kappa shape index (κ1) is 34.1. The van der Waals surface area contributed by atoms with Crippen LogP contribution in [-0.4, -0.2) is 0 Å². The number of fused-ring (bicyclic) bond motifs is 19. The predicted molar refractivity (Wildman–Crippen MR) is 257 cm³/mol. The molecule has 11 aromatic rings. The normalized spacial score (nSPS) is 16.1. The molecule has 0 bridgehead atoms. The summed E-state index contributed by atoms with van der Waals surface area (Å²) in [6, 6.07) is 74.8. The number of para-hydroxylation sites is 1. The fourth-order valence-corrected chi connectivity index (χ4v) is 12.1. The molecule has 0 saturated carbocycles.